The summed E-state index contributed by atoms with van der Waals surface area (Å²) in [6.07, 6.45) is 1.13. The molecule has 0 fully saturated rings. The van der Waals surface area contributed by atoms with Gasteiger partial charge >= 0.3 is 0 Å². The van der Waals surface area contributed by atoms with Crippen molar-refractivity contribution in [3.63, 3.8) is 0 Å². The summed E-state index contributed by atoms with van der Waals surface area (Å²) in [5.74, 6) is 2.05. The minimum absolute atomic E-state index is 0.0772. The summed E-state index contributed by atoms with van der Waals surface area (Å²) in [5, 5.41) is 3.58. The van der Waals surface area contributed by atoms with Crippen molar-refractivity contribution < 1.29 is 19.0 Å². The lowest BCUT2D eigenvalue weighted by molar-refractivity contribution is -0.122. The number of carbonyl (C=O) groups excluding carboxylic acids is 1. The van der Waals surface area contributed by atoms with Gasteiger partial charge in [0.25, 0.3) is 0 Å². The van der Waals surface area contributed by atoms with Crippen LogP contribution in [-0.4, -0.2) is 25.7 Å². The van der Waals surface area contributed by atoms with Crippen molar-refractivity contribution >= 4 is 17.5 Å². The fraction of sp³-hybridized carbons (Fsp3) is 0.350. The van der Waals surface area contributed by atoms with Crippen LogP contribution >= 0.6 is 11.6 Å². The van der Waals surface area contributed by atoms with Crippen molar-refractivity contribution in [2.75, 3.05) is 19.8 Å². The van der Waals surface area contributed by atoms with E-state index in [0.717, 1.165) is 23.5 Å². The van der Waals surface area contributed by atoms with Crippen molar-refractivity contribution in [1.29, 1.82) is 0 Å². The number of hydrogen-bond acceptors (Lipinski definition) is 4. The van der Waals surface area contributed by atoms with Crippen LogP contribution in [0.1, 0.15) is 31.4 Å². The standard InChI is InChI=1S/C20H22ClNO4/c1-14(15-6-7-18-19(12-15)26-10-3-9-25-18)22-20(23)8-11-24-17-5-2-4-16(21)13-17/h2,4-7,12-14H,3,8-11H2,1H3,(H,22,23)/t14-/m1/s1. The fourth-order valence-corrected chi connectivity index (χ4v) is 2.84. The smallest absolute Gasteiger partial charge is 0.223 e. The molecule has 138 valence electrons. The Morgan fingerprint density at radius 1 is 1.19 bits per heavy atom. The quantitative estimate of drug-likeness (QED) is 0.824. The molecule has 0 saturated heterocycles. The van der Waals surface area contributed by atoms with Gasteiger partial charge in [0, 0.05) is 11.4 Å². The van der Waals surface area contributed by atoms with Gasteiger partial charge in [-0.2, -0.15) is 0 Å². The first kappa shape index (κ1) is 18.4. The van der Waals surface area contributed by atoms with E-state index in [2.05, 4.69) is 5.32 Å². The molecule has 1 atom stereocenters. The molecule has 0 saturated carbocycles. The molecule has 0 unspecified atom stereocenters. The van der Waals surface area contributed by atoms with Crippen LogP contribution in [0, 0.1) is 0 Å². The van der Waals surface area contributed by atoms with Crippen LogP contribution in [0.2, 0.25) is 5.02 Å². The maximum Gasteiger partial charge on any atom is 0.223 e. The molecular formula is C20H22ClNO4. The molecule has 0 aromatic heterocycles. The van der Waals surface area contributed by atoms with E-state index >= 15 is 0 Å². The van der Waals surface area contributed by atoms with Crippen LogP contribution in [0.25, 0.3) is 0 Å². The normalized spacial score (nSPS) is 14.2. The van der Waals surface area contributed by atoms with Gasteiger partial charge in [-0.3, -0.25) is 4.79 Å². The first-order valence-electron chi connectivity index (χ1n) is 8.69. The van der Waals surface area contributed by atoms with E-state index in [0.29, 0.717) is 30.6 Å². The second kappa shape index (κ2) is 8.81. The highest BCUT2D eigenvalue weighted by molar-refractivity contribution is 6.30. The predicted molar refractivity (Wildman–Crippen MR) is 100 cm³/mol. The third-order valence-corrected chi connectivity index (χ3v) is 4.28. The third kappa shape index (κ3) is 5.05. The van der Waals surface area contributed by atoms with Crippen LogP contribution in [-0.2, 0) is 4.79 Å². The monoisotopic (exact) mass is 375 g/mol. The van der Waals surface area contributed by atoms with Crippen molar-refractivity contribution in [1.82, 2.24) is 5.32 Å². The molecule has 2 aromatic carbocycles. The number of rotatable bonds is 6. The van der Waals surface area contributed by atoms with Crippen LogP contribution in [0.5, 0.6) is 17.2 Å². The predicted octanol–water partition coefficient (Wildman–Crippen LogP) is 4.15. The topological polar surface area (TPSA) is 56.8 Å². The fourth-order valence-electron chi connectivity index (χ4n) is 2.66. The summed E-state index contributed by atoms with van der Waals surface area (Å²) in [6.45, 7) is 3.53. The van der Waals surface area contributed by atoms with Gasteiger partial charge in [0.2, 0.25) is 5.91 Å². The molecule has 0 spiro atoms. The molecule has 26 heavy (non-hydrogen) atoms. The number of nitrogens with one attached hydrogen (secondary N) is 1. The Morgan fingerprint density at radius 2 is 2.00 bits per heavy atom. The summed E-state index contributed by atoms with van der Waals surface area (Å²) in [7, 11) is 0. The Bertz CT molecular complexity index is 765. The van der Waals surface area contributed by atoms with Gasteiger partial charge in [0.1, 0.15) is 5.75 Å². The van der Waals surface area contributed by atoms with E-state index in [1.54, 1.807) is 12.1 Å². The van der Waals surface area contributed by atoms with Crippen molar-refractivity contribution in [3.8, 4) is 17.2 Å². The summed E-state index contributed by atoms with van der Waals surface area (Å²) in [6, 6.07) is 12.7. The Morgan fingerprint density at radius 3 is 2.81 bits per heavy atom. The highest BCUT2D eigenvalue weighted by atomic mass is 35.5. The molecule has 1 amide bonds. The van der Waals surface area contributed by atoms with Crippen LogP contribution < -0.4 is 19.5 Å². The van der Waals surface area contributed by atoms with Crippen molar-refractivity contribution in [2.24, 2.45) is 0 Å². The first-order valence-corrected chi connectivity index (χ1v) is 9.07. The maximum atomic E-state index is 12.2. The zero-order valence-corrected chi connectivity index (χ0v) is 15.4. The lowest BCUT2D eigenvalue weighted by Gasteiger charge is -2.16. The van der Waals surface area contributed by atoms with Crippen LogP contribution in [0.15, 0.2) is 42.5 Å². The zero-order chi connectivity index (χ0) is 18.4. The summed E-state index contributed by atoms with van der Waals surface area (Å²) in [5.41, 5.74) is 0.971. The number of carbonyl (C=O) groups is 1. The Kier molecular flexibility index (Phi) is 6.23. The molecule has 2 aromatic rings. The lowest BCUT2D eigenvalue weighted by atomic mass is 10.1. The molecule has 0 radical (unpaired) electrons. The average molecular weight is 376 g/mol. The molecule has 3 rings (SSSR count). The SMILES string of the molecule is C[C@@H](NC(=O)CCOc1cccc(Cl)c1)c1ccc2c(c1)OCCCO2. The van der Waals surface area contributed by atoms with Gasteiger partial charge < -0.3 is 19.5 Å². The zero-order valence-electron chi connectivity index (χ0n) is 14.7. The molecule has 0 bridgehead atoms. The minimum atomic E-state index is -0.133. The minimum Gasteiger partial charge on any atom is -0.493 e. The second-order valence-corrected chi connectivity index (χ2v) is 6.54. The number of benzene rings is 2. The lowest BCUT2D eigenvalue weighted by Crippen LogP contribution is -2.27. The van der Waals surface area contributed by atoms with Crippen LogP contribution in [0.4, 0.5) is 0 Å². The van der Waals surface area contributed by atoms with E-state index in [4.69, 9.17) is 25.8 Å². The number of amides is 1. The molecule has 1 aliphatic heterocycles. The van der Waals surface area contributed by atoms with Crippen LogP contribution in [0.3, 0.4) is 0 Å². The molecule has 1 aliphatic rings. The highest BCUT2D eigenvalue weighted by Crippen LogP contribution is 2.32. The molecular weight excluding hydrogens is 354 g/mol. The van der Waals surface area contributed by atoms with Gasteiger partial charge in [-0.05, 0) is 42.8 Å². The van der Waals surface area contributed by atoms with Crippen molar-refractivity contribution in [2.45, 2.75) is 25.8 Å². The van der Waals surface area contributed by atoms with Gasteiger partial charge in [-0.25, -0.2) is 0 Å². The van der Waals surface area contributed by atoms with E-state index < -0.39 is 0 Å². The Balaban J connectivity index is 1.50. The van der Waals surface area contributed by atoms with E-state index in [1.165, 1.54) is 0 Å². The van der Waals surface area contributed by atoms with Gasteiger partial charge in [0.05, 0.1) is 32.3 Å². The molecule has 6 heteroatoms. The third-order valence-electron chi connectivity index (χ3n) is 4.04. The molecule has 1 N–H and O–H groups in total. The van der Waals surface area contributed by atoms with Gasteiger partial charge in [0.15, 0.2) is 11.5 Å². The molecule has 5 nitrogen and oxygen atoms in total. The average Bonchev–Trinajstić information content (AvgIpc) is 2.86. The first-order chi connectivity index (χ1) is 12.6. The van der Waals surface area contributed by atoms with E-state index in [-0.39, 0.29) is 18.4 Å². The summed E-state index contributed by atoms with van der Waals surface area (Å²) >= 11 is 5.91. The van der Waals surface area contributed by atoms with E-state index in [1.807, 2.05) is 37.3 Å². The Labute approximate surface area is 158 Å². The number of halogens is 1. The van der Waals surface area contributed by atoms with E-state index in [9.17, 15) is 4.79 Å². The largest absolute Gasteiger partial charge is 0.493 e. The Hall–Kier alpha value is -2.40. The molecule has 1 heterocycles. The maximum absolute atomic E-state index is 12.2. The van der Waals surface area contributed by atoms with Gasteiger partial charge in [-0.15, -0.1) is 0 Å². The number of fused-ring (bicyclic) bond motifs is 1. The highest BCUT2D eigenvalue weighted by Gasteiger charge is 2.15. The number of ether oxygens (including phenoxy) is 3. The van der Waals surface area contributed by atoms with Crippen molar-refractivity contribution in [3.05, 3.63) is 53.1 Å². The second-order valence-electron chi connectivity index (χ2n) is 6.10. The summed E-state index contributed by atoms with van der Waals surface area (Å²) in [4.78, 5) is 12.2. The summed E-state index contributed by atoms with van der Waals surface area (Å²) < 4.78 is 16.9. The molecule has 0 aliphatic carbocycles. The van der Waals surface area contributed by atoms with Gasteiger partial charge in [-0.1, -0.05) is 23.7 Å². The number of hydrogen-bond donors (Lipinski definition) is 1.